The number of para-hydroxylation sites is 1. The Bertz CT molecular complexity index is 640. The van der Waals surface area contributed by atoms with E-state index in [1.807, 2.05) is 11.0 Å². The summed E-state index contributed by atoms with van der Waals surface area (Å²) in [5.74, 6) is 0.357. The number of thiazole rings is 1. The Morgan fingerprint density at radius 3 is 3.12 bits per heavy atom. The molecule has 0 bridgehead atoms. The molecule has 1 aromatic carbocycles. The molecule has 2 aromatic rings. The van der Waals surface area contributed by atoms with Gasteiger partial charge in [-0.1, -0.05) is 12.1 Å². The first-order valence-electron chi connectivity index (χ1n) is 8.65. The molecular weight excluding hydrogens is 322 g/mol. The Morgan fingerprint density at radius 2 is 2.29 bits per heavy atom. The van der Waals surface area contributed by atoms with Crippen LogP contribution in [0.15, 0.2) is 24.3 Å². The van der Waals surface area contributed by atoms with Crippen LogP contribution in [0.25, 0.3) is 10.2 Å². The lowest BCUT2D eigenvalue weighted by atomic mass is 9.99. The Morgan fingerprint density at radius 1 is 1.42 bits per heavy atom. The van der Waals surface area contributed by atoms with Crippen LogP contribution in [-0.2, 0) is 4.74 Å². The van der Waals surface area contributed by atoms with Crippen LogP contribution in [-0.4, -0.2) is 49.3 Å². The van der Waals surface area contributed by atoms with Gasteiger partial charge in [0.2, 0.25) is 0 Å². The molecule has 1 saturated heterocycles. The summed E-state index contributed by atoms with van der Waals surface area (Å²) < 4.78 is 6.25. The molecule has 1 fully saturated rings. The highest BCUT2D eigenvalue weighted by Gasteiger charge is 2.26. The van der Waals surface area contributed by atoms with E-state index in [-0.39, 0.29) is 6.03 Å². The van der Waals surface area contributed by atoms with Crippen molar-refractivity contribution in [2.75, 3.05) is 33.4 Å². The van der Waals surface area contributed by atoms with Crippen LogP contribution in [0, 0.1) is 0 Å². The van der Waals surface area contributed by atoms with Gasteiger partial charge < -0.3 is 15.0 Å². The van der Waals surface area contributed by atoms with E-state index in [4.69, 9.17) is 9.72 Å². The predicted molar refractivity (Wildman–Crippen MR) is 97.7 cm³/mol. The molecule has 1 aliphatic heterocycles. The van der Waals surface area contributed by atoms with Gasteiger partial charge >= 0.3 is 6.03 Å². The maximum absolute atomic E-state index is 12.3. The zero-order valence-electron chi connectivity index (χ0n) is 14.2. The fourth-order valence-electron chi connectivity index (χ4n) is 3.11. The van der Waals surface area contributed by atoms with Crippen LogP contribution in [0.3, 0.4) is 0 Å². The van der Waals surface area contributed by atoms with E-state index in [0.717, 1.165) is 55.9 Å². The lowest BCUT2D eigenvalue weighted by molar-refractivity contribution is 0.176. The molecule has 130 valence electrons. The monoisotopic (exact) mass is 347 g/mol. The molecule has 1 atom stereocenters. The minimum absolute atomic E-state index is 0.0539. The summed E-state index contributed by atoms with van der Waals surface area (Å²) in [5.41, 5.74) is 1.07. The molecule has 0 aliphatic carbocycles. The Labute approximate surface area is 147 Å². The van der Waals surface area contributed by atoms with Gasteiger partial charge in [-0.2, -0.15) is 0 Å². The molecule has 2 heterocycles. The molecule has 6 heteroatoms. The second kappa shape index (κ2) is 8.44. The van der Waals surface area contributed by atoms with E-state index in [1.165, 1.54) is 4.70 Å². The van der Waals surface area contributed by atoms with Gasteiger partial charge in [-0.05, 0) is 37.8 Å². The third-order valence-corrected chi connectivity index (χ3v) is 5.62. The number of methoxy groups -OCH3 is 1. The average Bonchev–Trinajstić information content (AvgIpc) is 3.06. The van der Waals surface area contributed by atoms with Gasteiger partial charge in [-0.3, -0.25) is 0 Å². The average molecular weight is 347 g/mol. The highest BCUT2D eigenvalue weighted by Crippen LogP contribution is 2.32. The van der Waals surface area contributed by atoms with Crippen molar-refractivity contribution in [2.24, 2.45) is 0 Å². The molecule has 1 aromatic heterocycles. The van der Waals surface area contributed by atoms with Crippen molar-refractivity contribution < 1.29 is 9.53 Å². The number of amides is 2. The van der Waals surface area contributed by atoms with Crippen molar-refractivity contribution in [3.8, 4) is 0 Å². The number of benzene rings is 1. The fourth-order valence-corrected chi connectivity index (χ4v) is 4.20. The zero-order chi connectivity index (χ0) is 16.8. The number of nitrogens with one attached hydrogen (secondary N) is 1. The predicted octanol–water partition coefficient (Wildman–Crippen LogP) is 3.61. The van der Waals surface area contributed by atoms with Crippen molar-refractivity contribution in [1.82, 2.24) is 15.2 Å². The van der Waals surface area contributed by atoms with Crippen molar-refractivity contribution in [1.29, 1.82) is 0 Å². The van der Waals surface area contributed by atoms with Crippen molar-refractivity contribution in [3.63, 3.8) is 0 Å². The Kier molecular flexibility index (Phi) is 6.04. The molecule has 24 heavy (non-hydrogen) atoms. The van der Waals surface area contributed by atoms with Crippen LogP contribution < -0.4 is 5.32 Å². The number of urea groups is 1. The van der Waals surface area contributed by atoms with Crippen LogP contribution in [0.4, 0.5) is 4.79 Å². The molecule has 0 spiro atoms. The van der Waals surface area contributed by atoms with Crippen LogP contribution in [0.1, 0.15) is 36.6 Å². The van der Waals surface area contributed by atoms with Gasteiger partial charge in [0.05, 0.1) is 15.2 Å². The van der Waals surface area contributed by atoms with Gasteiger partial charge in [0.1, 0.15) is 0 Å². The standard InChI is InChI=1S/C18H25N3O2S/c1-23-12-5-4-10-19-18(22)21-11-6-7-14(13-21)17-20-15-8-2-3-9-16(15)24-17/h2-3,8-9,14H,4-7,10-13H2,1H3,(H,19,22)/t14-/m1/s1. The molecule has 0 saturated carbocycles. The van der Waals surface area contributed by atoms with Gasteiger partial charge in [0.15, 0.2) is 0 Å². The van der Waals surface area contributed by atoms with Crippen molar-refractivity contribution >= 4 is 27.6 Å². The smallest absolute Gasteiger partial charge is 0.317 e. The highest BCUT2D eigenvalue weighted by molar-refractivity contribution is 7.18. The number of ether oxygens (including phenoxy) is 1. The minimum atomic E-state index is 0.0539. The molecule has 0 unspecified atom stereocenters. The minimum Gasteiger partial charge on any atom is -0.385 e. The summed E-state index contributed by atoms with van der Waals surface area (Å²) in [4.78, 5) is 19.1. The third kappa shape index (κ3) is 4.24. The van der Waals surface area contributed by atoms with Crippen LogP contribution in [0.2, 0.25) is 0 Å². The lowest BCUT2D eigenvalue weighted by Gasteiger charge is -2.31. The third-order valence-electron chi connectivity index (χ3n) is 4.42. The van der Waals surface area contributed by atoms with Gasteiger partial charge in [-0.15, -0.1) is 11.3 Å². The van der Waals surface area contributed by atoms with Gasteiger partial charge in [0.25, 0.3) is 0 Å². The summed E-state index contributed by atoms with van der Waals surface area (Å²) in [5, 5.41) is 4.19. The van der Waals surface area contributed by atoms with E-state index >= 15 is 0 Å². The van der Waals surface area contributed by atoms with Gasteiger partial charge in [-0.25, -0.2) is 9.78 Å². The first-order chi connectivity index (χ1) is 11.8. The second-order valence-electron chi connectivity index (χ2n) is 6.24. The summed E-state index contributed by atoms with van der Waals surface area (Å²) in [6.45, 7) is 3.07. The number of carbonyl (C=O) groups excluding carboxylic acids is 1. The summed E-state index contributed by atoms with van der Waals surface area (Å²) >= 11 is 1.76. The SMILES string of the molecule is COCCCCNC(=O)N1CCC[C@@H](c2nc3ccccc3s2)C1. The van der Waals surface area contributed by atoms with Gasteiger partial charge in [0, 0.05) is 39.3 Å². The Hall–Kier alpha value is -1.66. The number of likely N-dealkylation sites (tertiary alicyclic amines) is 1. The quantitative estimate of drug-likeness (QED) is 0.812. The van der Waals surface area contributed by atoms with E-state index in [2.05, 4.69) is 23.5 Å². The fraction of sp³-hybridized carbons (Fsp3) is 0.556. The topological polar surface area (TPSA) is 54.5 Å². The molecular formula is C18H25N3O2S. The van der Waals surface area contributed by atoms with E-state index in [1.54, 1.807) is 18.4 Å². The number of aromatic nitrogens is 1. The van der Waals surface area contributed by atoms with Crippen molar-refractivity contribution in [2.45, 2.75) is 31.6 Å². The molecule has 3 rings (SSSR count). The van der Waals surface area contributed by atoms with E-state index < -0.39 is 0 Å². The highest BCUT2D eigenvalue weighted by atomic mass is 32.1. The number of rotatable bonds is 6. The van der Waals surface area contributed by atoms with Crippen molar-refractivity contribution in [3.05, 3.63) is 29.3 Å². The largest absolute Gasteiger partial charge is 0.385 e. The molecule has 0 radical (unpaired) electrons. The number of piperidine rings is 1. The first kappa shape index (κ1) is 17.2. The van der Waals surface area contributed by atoms with E-state index in [0.29, 0.717) is 12.5 Å². The number of hydrogen-bond donors (Lipinski definition) is 1. The zero-order valence-corrected chi connectivity index (χ0v) is 15.0. The maximum atomic E-state index is 12.3. The molecule has 1 N–H and O–H groups in total. The van der Waals surface area contributed by atoms with Crippen LogP contribution in [0.5, 0.6) is 0 Å². The van der Waals surface area contributed by atoms with E-state index in [9.17, 15) is 4.79 Å². The summed E-state index contributed by atoms with van der Waals surface area (Å²) in [6, 6.07) is 8.30. The first-order valence-corrected chi connectivity index (χ1v) is 9.47. The number of unbranched alkanes of at least 4 members (excludes halogenated alkanes) is 1. The molecule has 1 aliphatic rings. The number of nitrogens with zero attached hydrogens (tertiary/aromatic N) is 2. The number of fused-ring (bicyclic) bond motifs is 1. The normalized spacial score (nSPS) is 18.0. The summed E-state index contributed by atoms with van der Waals surface area (Å²) in [7, 11) is 1.70. The number of carbonyl (C=O) groups is 1. The van der Waals surface area contributed by atoms with Crippen LogP contribution >= 0.6 is 11.3 Å². The molecule has 5 nitrogen and oxygen atoms in total. The summed E-state index contributed by atoms with van der Waals surface area (Å²) in [6.07, 6.45) is 4.08. The Balaban J connectivity index is 1.54. The maximum Gasteiger partial charge on any atom is 0.317 e. The molecule has 2 amide bonds. The lowest BCUT2D eigenvalue weighted by Crippen LogP contribution is -2.45. The second-order valence-corrected chi connectivity index (χ2v) is 7.30. The number of hydrogen-bond acceptors (Lipinski definition) is 4.